The number of nitrogens with zero attached hydrogens (tertiary/aromatic N) is 5. The fourth-order valence-corrected chi connectivity index (χ4v) is 4.02. The Bertz CT molecular complexity index is 1320. The number of nitrogens with one attached hydrogen (secondary N) is 1. The van der Waals surface area contributed by atoms with Gasteiger partial charge in [0.05, 0.1) is 34.8 Å². The lowest BCUT2D eigenvalue weighted by Gasteiger charge is -2.23. The molecule has 0 radical (unpaired) electrons. The number of nitriles is 1. The van der Waals surface area contributed by atoms with Crippen LogP contribution in [-0.2, 0) is 12.0 Å². The van der Waals surface area contributed by atoms with E-state index in [4.69, 9.17) is 9.51 Å². The quantitative estimate of drug-likeness (QED) is 0.378. The Morgan fingerprint density at radius 2 is 1.76 bits per heavy atom. The zero-order valence-corrected chi connectivity index (χ0v) is 20.0. The molecule has 0 saturated heterocycles. The highest BCUT2D eigenvalue weighted by Crippen LogP contribution is 2.33. The van der Waals surface area contributed by atoms with Gasteiger partial charge in [-0.1, -0.05) is 43.3 Å². The second kappa shape index (κ2) is 9.94. The van der Waals surface area contributed by atoms with Crippen molar-refractivity contribution < 1.29 is 4.52 Å². The maximum atomic E-state index is 9.82. The molecule has 0 fully saturated rings. The summed E-state index contributed by atoms with van der Waals surface area (Å²) in [6, 6.07) is 16.4. The smallest absolute Gasteiger partial charge is 0.187 e. The third-order valence-electron chi connectivity index (χ3n) is 6.30. The van der Waals surface area contributed by atoms with Gasteiger partial charge in [-0.3, -0.25) is 9.97 Å². The number of aryl methyl sites for hydroxylation is 1. The molecule has 0 atom stereocenters. The molecule has 7 nitrogen and oxygen atoms in total. The van der Waals surface area contributed by atoms with E-state index in [1.54, 1.807) is 12.4 Å². The highest BCUT2D eigenvalue weighted by atomic mass is 16.5. The number of aromatic nitrogens is 4. The zero-order valence-electron chi connectivity index (χ0n) is 20.0. The summed E-state index contributed by atoms with van der Waals surface area (Å²) in [5.74, 6) is 0.559. The van der Waals surface area contributed by atoms with Crippen molar-refractivity contribution in [1.82, 2.24) is 25.4 Å². The lowest BCUT2D eigenvalue weighted by Crippen LogP contribution is -2.23. The number of pyridine rings is 1. The average molecular weight is 453 g/mol. The van der Waals surface area contributed by atoms with Crippen molar-refractivity contribution in [3.05, 3.63) is 71.8 Å². The van der Waals surface area contributed by atoms with Crippen LogP contribution in [0.3, 0.4) is 0 Å². The summed E-state index contributed by atoms with van der Waals surface area (Å²) in [6.07, 6.45) is 4.85. The fraction of sp³-hybridized carbons (Fsp3) is 0.296. The van der Waals surface area contributed by atoms with Crippen LogP contribution in [0.2, 0.25) is 0 Å². The van der Waals surface area contributed by atoms with Crippen molar-refractivity contribution in [2.75, 3.05) is 7.05 Å². The van der Waals surface area contributed by atoms with Crippen LogP contribution in [0, 0.1) is 18.3 Å². The van der Waals surface area contributed by atoms with Gasteiger partial charge in [0.1, 0.15) is 11.4 Å². The zero-order chi connectivity index (χ0) is 24.1. The highest BCUT2D eigenvalue weighted by Gasteiger charge is 2.30. The van der Waals surface area contributed by atoms with Gasteiger partial charge in [-0.15, -0.1) is 0 Å². The van der Waals surface area contributed by atoms with Gasteiger partial charge in [-0.05, 0) is 44.5 Å². The molecule has 0 aliphatic carbocycles. The van der Waals surface area contributed by atoms with Crippen LogP contribution >= 0.6 is 0 Å². The van der Waals surface area contributed by atoms with Crippen LogP contribution in [0.25, 0.3) is 34.0 Å². The van der Waals surface area contributed by atoms with Gasteiger partial charge < -0.3 is 9.84 Å². The topological polar surface area (TPSA) is 101 Å². The Kier molecular flexibility index (Phi) is 6.80. The number of rotatable bonds is 8. The van der Waals surface area contributed by atoms with E-state index in [1.165, 1.54) is 5.56 Å². The molecular formula is C27H28N6O. The molecule has 0 unspecified atom stereocenters. The molecule has 34 heavy (non-hydrogen) atoms. The lowest BCUT2D eigenvalue weighted by atomic mass is 9.80. The minimum atomic E-state index is -0.612. The Morgan fingerprint density at radius 3 is 2.44 bits per heavy atom. The molecule has 1 N–H and O–H groups in total. The standard InChI is InChI=1S/C27H28N6O/c1-5-27(6-2,17-28)25-13-21(11-12-30-25)23-16-31-18(3)26(32-23)24-14-22(33-34-24)20-9-7-19(8-10-20)15-29-4/h7-14,16,29H,5-6,15H2,1-4H3. The van der Waals surface area contributed by atoms with Crippen LogP contribution in [0.4, 0.5) is 0 Å². The van der Waals surface area contributed by atoms with Crippen molar-refractivity contribution in [2.24, 2.45) is 0 Å². The minimum Gasteiger partial charge on any atom is -0.354 e. The summed E-state index contributed by atoms with van der Waals surface area (Å²) in [6.45, 7) is 6.74. The van der Waals surface area contributed by atoms with Crippen molar-refractivity contribution in [2.45, 2.75) is 45.6 Å². The van der Waals surface area contributed by atoms with Crippen LogP contribution < -0.4 is 5.32 Å². The van der Waals surface area contributed by atoms with Crippen LogP contribution in [0.5, 0.6) is 0 Å². The lowest BCUT2D eigenvalue weighted by molar-refractivity contribution is 0.433. The largest absolute Gasteiger partial charge is 0.354 e. The molecule has 0 bridgehead atoms. The molecule has 0 saturated carbocycles. The van der Waals surface area contributed by atoms with E-state index in [9.17, 15) is 5.26 Å². The van der Waals surface area contributed by atoms with Crippen molar-refractivity contribution in [1.29, 1.82) is 5.26 Å². The Hall–Kier alpha value is -3.89. The predicted octanol–water partition coefficient (Wildman–Crippen LogP) is 5.47. The SMILES string of the molecule is CCC(C#N)(CC)c1cc(-c2cnc(C)c(-c3cc(-c4ccc(CNC)cc4)no3)n2)ccn1. The fourth-order valence-electron chi connectivity index (χ4n) is 4.02. The number of hydrogen-bond donors (Lipinski definition) is 1. The normalized spacial score (nSPS) is 11.4. The van der Waals surface area contributed by atoms with Crippen LogP contribution in [0.1, 0.15) is 43.6 Å². The van der Waals surface area contributed by atoms with Crippen LogP contribution in [-0.4, -0.2) is 27.2 Å². The maximum absolute atomic E-state index is 9.82. The number of hydrogen-bond acceptors (Lipinski definition) is 7. The van der Waals surface area contributed by atoms with Gasteiger partial charge in [-0.25, -0.2) is 4.98 Å². The van der Waals surface area contributed by atoms with E-state index in [-0.39, 0.29) is 0 Å². The second-order valence-electron chi connectivity index (χ2n) is 8.32. The Balaban J connectivity index is 1.68. The van der Waals surface area contributed by atoms with Gasteiger partial charge >= 0.3 is 0 Å². The summed E-state index contributed by atoms with van der Waals surface area (Å²) in [4.78, 5) is 13.9. The third-order valence-corrected chi connectivity index (χ3v) is 6.30. The summed E-state index contributed by atoms with van der Waals surface area (Å²) >= 11 is 0. The molecule has 0 aliphatic heterocycles. The van der Waals surface area contributed by atoms with E-state index < -0.39 is 5.41 Å². The average Bonchev–Trinajstić information content (AvgIpc) is 3.37. The summed E-state index contributed by atoms with van der Waals surface area (Å²) in [5.41, 5.74) is 6.00. The molecule has 0 spiro atoms. The van der Waals surface area contributed by atoms with Crippen molar-refractivity contribution >= 4 is 0 Å². The molecular weight excluding hydrogens is 424 g/mol. The van der Waals surface area contributed by atoms with E-state index in [2.05, 4.69) is 38.6 Å². The molecule has 7 heteroatoms. The highest BCUT2D eigenvalue weighted by molar-refractivity contribution is 5.68. The monoisotopic (exact) mass is 452 g/mol. The Morgan fingerprint density at radius 1 is 1.00 bits per heavy atom. The van der Waals surface area contributed by atoms with Gasteiger partial charge in [0, 0.05) is 29.9 Å². The van der Waals surface area contributed by atoms with E-state index >= 15 is 0 Å². The molecule has 3 heterocycles. The molecule has 0 amide bonds. The first kappa shape index (κ1) is 23.3. The molecule has 4 aromatic rings. The minimum absolute atomic E-state index is 0.559. The van der Waals surface area contributed by atoms with Gasteiger partial charge in [-0.2, -0.15) is 5.26 Å². The molecule has 172 valence electrons. The first-order valence-electron chi connectivity index (χ1n) is 11.5. The maximum Gasteiger partial charge on any atom is 0.187 e. The van der Waals surface area contributed by atoms with Gasteiger partial charge in [0.2, 0.25) is 0 Å². The molecule has 1 aromatic carbocycles. The summed E-state index contributed by atoms with van der Waals surface area (Å²) in [5, 5.41) is 17.2. The second-order valence-corrected chi connectivity index (χ2v) is 8.32. The molecule has 3 aromatic heterocycles. The number of benzene rings is 1. The predicted molar refractivity (Wildman–Crippen MR) is 132 cm³/mol. The van der Waals surface area contributed by atoms with Crippen LogP contribution in [0.15, 0.2) is 59.4 Å². The van der Waals surface area contributed by atoms with Crippen molar-refractivity contribution in [3.63, 3.8) is 0 Å². The van der Waals surface area contributed by atoms with Gasteiger partial charge in [0.15, 0.2) is 5.76 Å². The van der Waals surface area contributed by atoms with E-state index in [0.717, 1.165) is 34.8 Å². The van der Waals surface area contributed by atoms with Gasteiger partial charge in [0.25, 0.3) is 0 Å². The first-order chi connectivity index (χ1) is 16.5. The third kappa shape index (κ3) is 4.45. The van der Waals surface area contributed by atoms with E-state index in [1.807, 2.05) is 58.2 Å². The summed E-state index contributed by atoms with van der Waals surface area (Å²) in [7, 11) is 1.93. The summed E-state index contributed by atoms with van der Waals surface area (Å²) < 4.78 is 5.66. The molecule has 4 rings (SSSR count). The molecule has 0 aliphatic rings. The Labute approximate surface area is 199 Å². The van der Waals surface area contributed by atoms with Crippen molar-refractivity contribution in [3.8, 4) is 40.0 Å². The van der Waals surface area contributed by atoms with E-state index in [0.29, 0.717) is 30.0 Å². The first-order valence-corrected chi connectivity index (χ1v) is 11.5.